The maximum absolute atomic E-state index is 12.2. The smallest absolute Gasteiger partial charge is 0.265 e. The Balaban J connectivity index is 2.41. The number of nitriles is 1. The second-order valence-corrected chi connectivity index (χ2v) is 4.03. The fourth-order valence-corrected chi connectivity index (χ4v) is 1.99. The fourth-order valence-electron chi connectivity index (χ4n) is 1.99. The van der Waals surface area contributed by atoms with E-state index in [2.05, 4.69) is 11.1 Å². The van der Waals surface area contributed by atoms with Gasteiger partial charge in [-0.2, -0.15) is 5.26 Å². The highest BCUT2D eigenvalue weighted by Gasteiger charge is 2.04. The van der Waals surface area contributed by atoms with Crippen LogP contribution in [0.1, 0.15) is 5.56 Å². The molecular formula is C14H9N3O. The lowest BCUT2D eigenvalue weighted by molar-refractivity contribution is 1.06. The van der Waals surface area contributed by atoms with Crippen molar-refractivity contribution < 1.29 is 0 Å². The van der Waals surface area contributed by atoms with Crippen LogP contribution >= 0.6 is 0 Å². The highest BCUT2D eigenvalue weighted by molar-refractivity contribution is 5.79. The molecule has 1 aromatic carbocycles. The van der Waals surface area contributed by atoms with Crippen LogP contribution < -0.4 is 5.56 Å². The third-order valence-corrected chi connectivity index (χ3v) is 2.87. The van der Waals surface area contributed by atoms with Gasteiger partial charge in [-0.25, -0.2) is 4.98 Å². The number of rotatable bonds is 1. The Kier molecular flexibility index (Phi) is 2.31. The number of aromatic nitrogens is 2. The van der Waals surface area contributed by atoms with Gasteiger partial charge in [0.2, 0.25) is 0 Å². The Morgan fingerprint density at radius 2 is 2.11 bits per heavy atom. The Morgan fingerprint density at radius 1 is 1.28 bits per heavy atom. The van der Waals surface area contributed by atoms with Gasteiger partial charge in [-0.3, -0.25) is 9.20 Å². The summed E-state index contributed by atoms with van der Waals surface area (Å²) in [7, 11) is 0. The van der Waals surface area contributed by atoms with Gasteiger partial charge in [0.05, 0.1) is 23.4 Å². The van der Waals surface area contributed by atoms with Gasteiger partial charge >= 0.3 is 0 Å². The van der Waals surface area contributed by atoms with Crippen molar-refractivity contribution in [1.29, 1.82) is 5.26 Å². The molecule has 4 heteroatoms. The summed E-state index contributed by atoms with van der Waals surface area (Å²) in [4.78, 5) is 16.7. The third-order valence-electron chi connectivity index (χ3n) is 2.87. The second-order valence-electron chi connectivity index (χ2n) is 4.03. The maximum Gasteiger partial charge on any atom is 0.265 e. The first-order chi connectivity index (χ1) is 8.79. The van der Waals surface area contributed by atoms with Crippen LogP contribution in [-0.4, -0.2) is 9.38 Å². The average molecular weight is 235 g/mol. The molecule has 0 unspecified atom stereocenters. The van der Waals surface area contributed by atoms with E-state index in [1.165, 1.54) is 4.40 Å². The van der Waals surface area contributed by atoms with E-state index in [-0.39, 0.29) is 5.56 Å². The molecule has 0 amide bonds. The molecule has 0 aliphatic rings. The normalized spacial score (nSPS) is 10.6. The van der Waals surface area contributed by atoms with E-state index in [9.17, 15) is 4.79 Å². The van der Waals surface area contributed by atoms with E-state index in [1.807, 2.05) is 18.2 Å². The predicted octanol–water partition coefficient (Wildman–Crippen LogP) is 1.91. The first-order valence-corrected chi connectivity index (χ1v) is 5.56. The van der Waals surface area contributed by atoms with Crippen LogP contribution in [0.2, 0.25) is 0 Å². The molecule has 0 N–H and O–H groups in total. The lowest BCUT2D eigenvalue weighted by atomic mass is 10.2. The van der Waals surface area contributed by atoms with E-state index in [4.69, 9.17) is 5.26 Å². The molecule has 0 aliphatic heterocycles. The number of hydrogen-bond donors (Lipinski definition) is 0. The van der Waals surface area contributed by atoms with Crippen molar-refractivity contribution >= 4 is 16.6 Å². The third kappa shape index (κ3) is 1.54. The summed E-state index contributed by atoms with van der Waals surface area (Å²) in [6.07, 6.45) is 1.99. The topological polar surface area (TPSA) is 58.2 Å². The SMILES string of the molecule is N#CCc1ccn2c(=O)c3ccccc3nc2c1. The minimum atomic E-state index is -0.0842. The van der Waals surface area contributed by atoms with Gasteiger partial charge in [-0.1, -0.05) is 12.1 Å². The first-order valence-electron chi connectivity index (χ1n) is 5.56. The molecule has 0 fully saturated rings. The van der Waals surface area contributed by atoms with Gasteiger partial charge in [0, 0.05) is 6.20 Å². The molecule has 2 aromatic heterocycles. The van der Waals surface area contributed by atoms with Crippen LogP contribution in [0.3, 0.4) is 0 Å². The Hall–Kier alpha value is -2.67. The minimum absolute atomic E-state index is 0.0842. The Labute approximate surface area is 103 Å². The number of fused-ring (bicyclic) bond motifs is 2. The highest BCUT2D eigenvalue weighted by atomic mass is 16.1. The number of hydrogen-bond acceptors (Lipinski definition) is 3. The van der Waals surface area contributed by atoms with Crippen molar-refractivity contribution in [2.24, 2.45) is 0 Å². The van der Waals surface area contributed by atoms with Crippen molar-refractivity contribution in [3.8, 4) is 6.07 Å². The van der Waals surface area contributed by atoms with E-state index in [1.54, 1.807) is 24.4 Å². The first kappa shape index (κ1) is 10.5. The molecule has 0 radical (unpaired) electrons. The molecule has 0 saturated carbocycles. The lowest BCUT2D eigenvalue weighted by Gasteiger charge is -2.04. The second kappa shape index (κ2) is 3.97. The largest absolute Gasteiger partial charge is 0.268 e. The van der Waals surface area contributed by atoms with Crippen molar-refractivity contribution in [2.45, 2.75) is 6.42 Å². The maximum atomic E-state index is 12.2. The zero-order chi connectivity index (χ0) is 12.5. The van der Waals surface area contributed by atoms with Crippen LogP contribution in [0.5, 0.6) is 0 Å². The van der Waals surface area contributed by atoms with E-state index in [0.717, 1.165) is 5.56 Å². The van der Waals surface area contributed by atoms with E-state index >= 15 is 0 Å². The molecule has 3 rings (SSSR count). The number of para-hydroxylation sites is 1. The Morgan fingerprint density at radius 3 is 2.94 bits per heavy atom. The molecule has 2 heterocycles. The number of benzene rings is 1. The van der Waals surface area contributed by atoms with Crippen molar-refractivity contribution in [3.05, 3.63) is 58.5 Å². The predicted molar refractivity (Wildman–Crippen MR) is 68.3 cm³/mol. The molecule has 3 aromatic rings. The molecule has 4 nitrogen and oxygen atoms in total. The zero-order valence-electron chi connectivity index (χ0n) is 9.50. The zero-order valence-corrected chi connectivity index (χ0v) is 9.50. The van der Waals surface area contributed by atoms with Gasteiger partial charge in [0.25, 0.3) is 5.56 Å². The molecule has 0 atom stereocenters. The molecule has 0 saturated heterocycles. The van der Waals surface area contributed by atoms with Gasteiger partial charge in [0.15, 0.2) is 0 Å². The van der Waals surface area contributed by atoms with Crippen molar-refractivity contribution in [1.82, 2.24) is 9.38 Å². The van der Waals surface area contributed by atoms with Crippen molar-refractivity contribution in [3.63, 3.8) is 0 Å². The molecular weight excluding hydrogens is 226 g/mol. The van der Waals surface area contributed by atoms with Gasteiger partial charge in [-0.15, -0.1) is 0 Å². The van der Waals surface area contributed by atoms with E-state index < -0.39 is 0 Å². The number of nitrogens with zero attached hydrogens (tertiary/aromatic N) is 3. The van der Waals surface area contributed by atoms with E-state index in [0.29, 0.717) is 23.0 Å². The summed E-state index contributed by atoms with van der Waals surface area (Å²) in [5.74, 6) is 0. The van der Waals surface area contributed by atoms with Gasteiger partial charge in [0.1, 0.15) is 5.65 Å². The monoisotopic (exact) mass is 235 g/mol. The molecule has 18 heavy (non-hydrogen) atoms. The molecule has 0 aliphatic carbocycles. The van der Waals surface area contributed by atoms with Crippen molar-refractivity contribution in [2.75, 3.05) is 0 Å². The summed E-state index contributed by atoms with van der Waals surface area (Å²) >= 11 is 0. The molecule has 0 bridgehead atoms. The van der Waals surface area contributed by atoms with Crippen LogP contribution in [-0.2, 0) is 6.42 Å². The minimum Gasteiger partial charge on any atom is -0.268 e. The van der Waals surface area contributed by atoms with Gasteiger partial charge in [-0.05, 0) is 29.8 Å². The quantitative estimate of drug-likeness (QED) is 0.605. The van der Waals surface area contributed by atoms with Crippen LogP contribution in [0, 0.1) is 11.3 Å². The van der Waals surface area contributed by atoms with Crippen LogP contribution in [0.25, 0.3) is 16.6 Å². The van der Waals surface area contributed by atoms with Crippen LogP contribution in [0.4, 0.5) is 0 Å². The summed E-state index contributed by atoms with van der Waals surface area (Å²) in [6, 6.07) is 12.9. The lowest BCUT2D eigenvalue weighted by Crippen LogP contribution is -2.15. The summed E-state index contributed by atoms with van der Waals surface area (Å²) in [5, 5.41) is 9.28. The molecule has 86 valence electrons. The molecule has 0 spiro atoms. The summed E-state index contributed by atoms with van der Waals surface area (Å²) in [5.41, 5.74) is 2.03. The summed E-state index contributed by atoms with van der Waals surface area (Å²) in [6.45, 7) is 0. The fraction of sp³-hybridized carbons (Fsp3) is 0.0714. The van der Waals surface area contributed by atoms with Crippen LogP contribution in [0.15, 0.2) is 47.4 Å². The highest BCUT2D eigenvalue weighted by Crippen LogP contribution is 2.10. The summed E-state index contributed by atoms with van der Waals surface area (Å²) < 4.78 is 1.50. The average Bonchev–Trinajstić information content (AvgIpc) is 2.39. The number of pyridine rings is 1. The standard InChI is InChI=1S/C14H9N3O/c15-7-5-10-6-8-17-13(9-10)16-12-4-2-1-3-11(12)14(17)18/h1-4,6,8-9H,5H2. The van der Waals surface area contributed by atoms with Gasteiger partial charge < -0.3 is 0 Å². The Bertz CT molecular complexity index is 843.